The van der Waals surface area contributed by atoms with Gasteiger partial charge in [-0.15, -0.1) is 21.5 Å². The van der Waals surface area contributed by atoms with Crippen molar-refractivity contribution in [3.8, 4) is 11.4 Å². The molecule has 10 heteroatoms. The standard InChI is InChI=1S/C22H25N5O3S2/c1-4-27-19(14-6-5-9-23-11-14)25-26-22(27)31-12-17(28)24-20-18(21(29)30-3)15-8-7-13(2)10-16(15)32-20/h5-6,9,11,13H,4,7-8,10,12H2,1-3H3,(H,24,28). The third-order valence-electron chi connectivity index (χ3n) is 5.44. The van der Waals surface area contributed by atoms with Crippen LogP contribution in [0.2, 0.25) is 0 Å². The highest BCUT2D eigenvalue weighted by molar-refractivity contribution is 7.99. The molecule has 0 aliphatic heterocycles. The number of nitrogens with one attached hydrogen (secondary N) is 1. The van der Waals surface area contributed by atoms with Gasteiger partial charge >= 0.3 is 5.97 Å². The average molecular weight is 472 g/mol. The van der Waals surface area contributed by atoms with Crippen LogP contribution >= 0.6 is 23.1 Å². The number of nitrogens with zero attached hydrogens (tertiary/aromatic N) is 4. The number of rotatable bonds is 7. The summed E-state index contributed by atoms with van der Waals surface area (Å²) in [6.07, 6.45) is 6.24. The number of pyridine rings is 1. The van der Waals surface area contributed by atoms with Crippen LogP contribution in [0.15, 0.2) is 29.7 Å². The van der Waals surface area contributed by atoms with E-state index in [1.165, 1.54) is 35.1 Å². The van der Waals surface area contributed by atoms with Crippen molar-refractivity contribution >= 4 is 40.0 Å². The molecule has 8 nitrogen and oxygen atoms in total. The maximum Gasteiger partial charge on any atom is 0.341 e. The van der Waals surface area contributed by atoms with Crippen molar-refractivity contribution in [1.29, 1.82) is 0 Å². The second-order valence-corrected chi connectivity index (χ2v) is 9.72. The number of methoxy groups -OCH3 is 1. The van der Waals surface area contributed by atoms with E-state index in [1.54, 1.807) is 12.4 Å². The van der Waals surface area contributed by atoms with E-state index < -0.39 is 5.97 Å². The molecule has 3 heterocycles. The van der Waals surface area contributed by atoms with Crippen LogP contribution in [0.25, 0.3) is 11.4 Å². The number of carbonyl (C=O) groups excluding carboxylic acids is 2. The SMILES string of the molecule is CCn1c(SCC(=O)Nc2sc3c(c2C(=O)OC)CCC(C)C3)nnc1-c1cccnc1. The van der Waals surface area contributed by atoms with E-state index in [0.29, 0.717) is 28.2 Å². The summed E-state index contributed by atoms with van der Waals surface area (Å²) in [5.74, 6) is 0.856. The number of thiophene rings is 1. The molecule has 0 saturated carbocycles. The topological polar surface area (TPSA) is 99.0 Å². The van der Waals surface area contributed by atoms with Crippen molar-refractivity contribution < 1.29 is 14.3 Å². The molecule has 3 aromatic rings. The summed E-state index contributed by atoms with van der Waals surface area (Å²) in [6, 6.07) is 3.78. The van der Waals surface area contributed by atoms with Crippen LogP contribution < -0.4 is 5.32 Å². The fourth-order valence-electron chi connectivity index (χ4n) is 3.84. The van der Waals surface area contributed by atoms with Crippen molar-refractivity contribution in [2.24, 2.45) is 5.92 Å². The van der Waals surface area contributed by atoms with E-state index in [0.717, 1.165) is 36.2 Å². The maximum absolute atomic E-state index is 12.8. The summed E-state index contributed by atoms with van der Waals surface area (Å²) in [7, 11) is 1.37. The minimum absolute atomic E-state index is 0.157. The van der Waals surface area contributed by atoms with Gasteiger partial charge < -0.3 is 14.6 Å². The van der Waals surface area contributed by atoms with E-state index in [1.807, 2.05) is 23.6 Å². The highest BCUT2D eigenvalue weighted by Gasteiger charge is 2.29. The normalized spacial score (nSPS) is 15.3. The van der Waals surface area contributed by atoms with Gasteiger partial charge in [0.2, 0.25) is 5.91 Å². The predicted octanol–water partition coefficient (Wildman–Crippen LogP) is 4.06. The van der Waals surface area contributed by atoms with Gasteiger partial charge in [0.1, 0.15) is 5.00 Å². The minimum Gasteiger partial charge on any atom is -0.465 e. The quantitative estimate of drug-likeness (QED) is 0.410. The van der Waals surface area contributed by atoms with Gasteiger partial charge in [0.25, 0.3) is 0 Å². The molecule has 0 bridgehead atoms. The van der Waals surface area contributed by atoms with Crippen LogP contribution in [0.3, 0.4) is 0 Å². The molecule has 0 aromatic carbocycles. The fourth-order valence-corrected chi connectivity index (χ4v) is 6.06. The molecule has 32 heavy (non-hydrogen) atoms. The Morgan fingerprint density at radius 3 is 2.94 bits per heavy atom. The molecular weight excluding hydrogens is 446 g/mol. The molecule has 0 spiro atoms. The molecule has 168 valence electrons. The van der Waals surface area contributed by atoms with Gasteiger partial charge in [0.15, 0.2) is 11.0 Å². The lowest BCUT2D eigenvalue weighted by molar-refractivity contribution is -0.113. The fraction of sp³-hybridized carbons (Fsp3) is 0.409. The molecular formula is C22H25N5O3S2. The van der Waals surface area contributed by atoms with Crippen LogP contribution in [0.4, 0.5) is 5.00 Å². The highest BCUT2D eigenvalue weighted by atomic mass is 32.2. The first-order chi connectivity index (χ1) is 15.5. The van der Waals surface area contributed by atoms with E-state index in [4.69, 9.17) is 4.74 Å². The molecule has 4 rings (SSSR count). The van der Waals surface area contributed by atoms with Crippen LogP contribution in [-0.4, -0.2) is 44.5 Å². The van der Waals surface area contributed by atoms with Crippen LogP contribution in [0.1, 0.15) is 41.1 Å². The van der Waals surface area contributed by atoms with Gasteiger partial charge in [-0.2, -0.15) is 0 Å². The van der Waals surface area contributed by atoms with Crippen molar-refractivity contribution in [3.63, 3.8) is 0 Å². The smallest absolute Gasteiger partial charge is 0.341 e. The van der Waals surface area contributed by atoms with Crippen molar-refractivity contribution in [3.05, 3.63) is 40.5 Å². The maximum atomic E-state index is 12.8. The lowest BCUT2D eigenvalue weighted by Gasteiger charge is -2.18. The highest BCUT2D eigenvalue weighted by Crippen LogP contribution is 2.40. The van der Waals surface area contributed by atoms with E-state index in [-0.39, 0.29) is 11.7 Å². The van der Waals surface area contributed by atoms with Gasteiger partial charge in [-0.05, 0) is 49.8 Å². The van der Waals surface area contributed by atoms with Gasteiger partial charge in [0, 0.05) is 29.4 Å². The Bertz CT molecular complexity index is 1130. The van der Waals surface area contributed by atoms with E-state index in [9.17, 15) is 9.59 Å². The zero-order valence-electron chi connectivity index (χ0n) is 18.3. The summed E-state index contributed by atoms with van der Waals surface area (Å²) >= 11 is 2.80. The Labute approximate surface area is 194 Å². The lowest BCUT2D eigenvalue weighted by atomic mass is 9.88. The number of aromatic nitrogens is 4. The Morgan fingerprint density at radius 1 is 1.38 bits per heavy atom. The molecule has 0 fully saturated rings. The Morgan fingerprint density at radius 2 is 2.22 bits per heavy atom. The zero-order valence-corrected chi connectivity index (χ0v) is 19.9. The Kier molecular flexibility index (Phi) is 6.90. The number of amides is 1. The summed E-state index contributed by atoms with van der Waals surface area (Å²) in [5, 5.41) is 12.7. The van der Waals surface area contributed by atoms with Crippen molar-refractivity contribution in [1.82, 2.24) is 19.7 Å². The zero-order chi connectivity index (χ0) is 22.7. The van der Waals surface area contributed by atoms with Gasteiger partial charge in [-0.25, -0.2) is 4.79 Å². The lowest BCUT2D eigenvalue weighted by Crippen LogP contribution is -2.17. The molecule has 0 radical (unpaired) electrons. The molecule has 1 atom stereocenters. The van der Waals surface area contributed by atoms with Crippen molar-refractivity contribution in [2.45, 2.75) is 44.8 Å². The first-order valence-electron chi connectivity index (χ1n) is 10.5. The number of carbonyl (C=O) groups is 2. The number of hydrogen-bond acceptors (Lipinski definition) is 8. The van der Waals surface area contributed by atoms with Gasteiger partial charge in [-0.1, -0.05) is 18.7 Å². The number of anilines is 1. The van der Waals surface area contributed by atoms with E-state index >= 15 is 0 Å². The van der Waals surface area contributed by atoms with Gasteiger partial charge in [-0.3, -0.25) is 9.78 Å². The molecule has 0 saturated heterocycles. The third kappa shape index (κ3) is 4.56. The summed E-state index contributed by atoms with van der Waals surface area (Å²) < 4.78 is 6.96. The number of esters is 1. The molecule has 1 amide bonds. The van der Waals surface area contributed by atoms with Crippen LogP contribution in [0, 0.1) is 5.92 Å². The number of ether oxygens (including phenoxy) is 1. The largest absolute Gasteiger partial charge is 0.465 e. The molecule has 1 aliphatic rings. The summed E-state index contributed by atoms with van der Waals surface area (Å²) in [4.78, 5) is 30.5. The van der Waals surface area contributed by atoms with Crippen LogP contribution in [-0.2, 0) is 28.9 Å². The monoisotopic (exact) mass is 471 g/mol. The van der Waals surface area contributed by atoms with Crippen LogP contribution in [0.5, 0.6) is 0 Å². The summed E-state index contributed by atoms with van der Waals surface area (Å²) in [6.45, 7) is 4.88. The summed E-state index contributed by atoms with van der Waals surface area (Å²) in [5.41, 5.74) is 2.40. The number of hydrogen-bond donors (Lipinski definition) is 1. The van der Waals surface area contributed by atoms with E-state index in [2.05, 4.69) is 27.4 Å². The first-order valence-corrected chi connectivity index (χ1v) is 12.3. The third-order valence-corrected chi connectivity index (χ3v) is 7.58. The molecule has 1 aliphatic carbocycles. The number of thioether (sulfide) groups is 1. The Balaban J connectivity index is 1.48. The molecule has 1 unspecified atom stereocenters. The van der Waals surface area contributed by atoms with Gasteiger partial charge in [0.05, 0.1) is 18.4 Å². The predicted molar refractivity (Wildman–Crippen MR) is 125 cm³/mol. The first kappa shape index (κ1) is 22.5. The molecule has 1 N–H and O–H groups in total. The second kappa shape index (κ2) is 9.83. The average Bonchev–Trinajstić information content (AvgIpc) is 3.37. The second-order valence-electron chi connectivity index (χ2n) is 7.68. The molecule has 3 aromatic heterocycles. The van der Waals surface area contributed by atoms with Crippen molar-refractivity contribution in [2.75, 3.05) is 18.2 Å². The Hall–Kier alpha value is -2.72. The minimum atomic E-state index is -0.396. The number of fused-ring (bicyclic) bond motifs is 1.